The number of carbonyl (C=O) groups is 2. The van der Waals surface area contributed by atoms with Crippen LogP contribution < -0.4 is 0 Å². The summed E-state index contributed by atoms with van der Waals surface area (Å²) in [6, 6.07) is 1.92. The van der Waals surface area contributed by atoms with Crippen LogP contribution in [0.2, 0.25) is 0 Å². The fourth-order valence-electron chi connectivity index (χ4n) is 4.70. The van der Waals surface area contributed by atoms with E-state index >= 15 is 0 Å². The van der Waals surface area contributed by atoms with Crippen LogP contribution >= 0.6 is 0 Å². The number of Topliss-reactive ketones (excluding diaryl/α,β-unsaturated/α-hetero) is 1. The quantitative estimate of drug-likeness (QED) is 0.418. The average molecular weight is 273 g/mol. The van der Waals surface area contributed by atoms with Gasteiger partial charge in [0.1, 0.15) is 11.6 Å². The minimum Gasteiger partial charge on any atom is -0.465 e. The lowest BCUT2D eigenvalue weighted by Crippen LogP contribution is -2.33. The number of hydrogen-bond donors (Lipinski definition) is 0. The molecule has 0 bridgehead atoms. The van der Waals surface area contributed by atoms with Crippen molar-refractivity contribution in [3.63, 3.8) is 0 Å². The van der Waals surface area contributed by atoms with Crippen molar-refractivity contribution in [3.8, 4) is 6.07 Å². The molecule has 0 heterocycles. The Hall–Kier alpha value is -1.63. The topological polar surface area (TPSA) is 67.2 Å². The molecule has 0 aromatic rings. The van der Waals surface area contributed by atoms with Gasteiger partial charge in [0.2, 0.25) is 0 Å². The highest BCUT2D eigenvalue weighted by Gasteiger charge is 2.53. The summed E-state index contributed by atoms with van der Waals surface area (Å²) in [6.45, 7) is 0. The molecule has 0 aromatic carbocycles. The van der Waals surface area contributed by atoms with Crippen molar-refractivity contribution in [1.82, 2.24) is 0 Å². The van der Waals surface area contributed by atoms with E-state index in [1.165, 1.54) is 20.0 Å². The van der Waals surface area contributed by atoms with Crippen molar-refractivity contribution >= 4 is 11.8 Å². The third kappa shape index (κ3) is 1.80. The highest BCUT2D eigenvalue weighted by Crippen LogP contribution is 2.55. The number of esters is 1. The van der Waals surface area contributed by atoms with E-state index in [4.69, 9.17) is 0 Å². The zero-order valence-corrected chi connectivity index (χ0v) is 11.7. The molecule has 0 aromatic heterocycles. The number of nitriles is 1. The highest BCUT2D eigenvalue weighted by atomic mass is 16.5. The number of methoxy groups -OCH3 is 1. The smallest absolute Gasteiger partial charge is 0.349 e. The van der Waals surface area contributed by atoms with Gasteiger partial charge in [0.15, 0.2) is 5.78 Å². The number of ether oxygens (including phenoxy) is 1. The van der Waals surface area contributed by atoms with Crippen molar-refractivity contribution in [1.29, 1.82) is 5.26 Å². The molecule has 0 radical (unpaired) electrons. The predicted molar refractivity (Wildman–Crippen MR) is 71.3 cm³/mol. The summed E-state index contributed by atoms with van der Waals surface area (Å²) in [4.78, 5) is 24.5. The van der Waals surface area contributed by atoms with E-state index in [-0.39, 0.29) is 23.2 Å². The summed E-state index contributed by atoms with van der Waals surface area (Å²) in [6.07, 6.45) is 6.42. The first-order valence-corrected chi connectivity index (χ1v) is 7.45. The Bertz CT molecular complexity index is 526. The van der Waals surface area contributed by atoms with Crippen LogP contribution in [-0.2, 0) is 14.3 Å². The van der Waals surface area contributed by atoms with Gasteiger partial charge in [-0.15, -0.1) is 0 Å². The zero-order valence-electron chi connectivity index (χ0n) is 11.7. The number of rotatable bonds is 1. The Balaban J connectivity index is 2.08. The summed E-state index contributed by atoms with van der Waals surface area (Å²) in [7, 11) is 1.26. The van der Waals surface area contributed by atoms with Gasteiger partial charge in [0.05, 0.1) is 7.11 Å². The molecule has 3 rings (SSSR count). The van der Waals surface area contributed by atoms with Gasteiger partial charge >= 0.3 is 5.97 Å². The van der Waals surface area contributed by atoms with Gasteiger partial charge in [-0.1, -0.05) is 25.7 Å². The predicted octanol–water partition coefficient (Wildman–Crippen LogP) is 2.39. The van der Waals surface area contributed by atoms with Crippen LogP contribution in [0.25, 0.3) is 0 Å². The van der Waals surface area contributed by atoms with Crippen LogP contribution in [0.1, 0.15) is 38.5 Å². The van der Waals surface area contributed by atoms with Gasteiger partial charge in [-0.2, -0.15) is 5.26 Å². The third-order valence-corrected chi connectivity index (χ3v) is 5.40. The lowest BCUT2D eigenvalue weighted by molar-refractivity contribution is -0.136. The number of ketones is 1. The molecular weight excluding hydrogens is 254 g/mol. The zero-order chi connectivity index (χ0) is 14.3. The molecule has 3 aliphatic rings. The van der Waals surface area contributed by atoms with Crippen LogP contribution in [0.15, 0.2) is 11.1 Å². The molecule has 0 saturated heterocycles. The summed E-state index contributed by atoms with van der Waals surface area (Å²) < 4.78 is 4.68. The summed E-state index contributed by atoms with van der Waals surface area (Å²) in [5, 5.41) is 9.28. The van der Waals surface area contributed by atoms with Gasteiger partial charge in [0.25, 0.3) is 0 Å². The molecule has 0 spiro atoms. The van der Waals surface area contributed by atoms with Gasteiger partial charge in [-0.25, -0.2) is 4.79 Å². The van der Waals surface area contributed by atoms with Gasteiger partial charge < -0.3 is 4.74 Å². The van der Waals surface area contributed by atoms with Crippen molar-refractivity contribution in [3.05, 3.63) is 11.1 Å². The normalized spacial score (nSPS) is 37.9. The van der Waals surface area contributed by atoms with Crippen molar-refractivity contribution in [2.75, 3.05) is 7.11 Å². The molecule has 4 atom stereocenters. The SMILES string of the molecule is COC(=O)/C(C#N)=C1\C(=O)C2CCCC3CCCC1C32. The van der Waals surface area contributed by atoms with E-state index in [0.717, 1.165) is 25.7 Å². The summed E-state index contributed by atoms with van der Waals surface area (Å²) in [5.41, 5.74) is 0.443. The van der Waals surface area contributed by atoms with E-state index in [0.29, 0.717) is 17.4 Å². The van der Waals surface area contributed by atoms with Crippen LogP contribution in [0, 0.1) is 35.0 Å². The van der Waals surface area contributed by atoms with Gasteiger partial charge in [-0.3, -0.25) is 4.79 Å². The first-order chi connectivity index (χ1) is 9.69. The lowest BCUT2D eigenvalue weighted by atomic mass is 9.64. The molecule has 0 amide bonds. The Morgan fingerprint density at radius 3 is 2.45 bits per heavy atom. The monoisotopic (exact) mass is 273 g/mol. The molecular formula is C16H19NO3. The van der Waals surface area contributed by atoms with E-state index in [1.54, 1.807) is 0 Å². The van der Waals surface area contributed by atoms with Crippen LogP contribution in [0.5, 0.6) is 0 Å². The van der Waals surface area contributed by atoms with E-state index < -0.39 is 5.97 Å². The van der Waals surface area contributed by atoms with Crippen LogP contribution in [-0.4, -0.2) is 18.9 Å². The fourth-order valence-corrected chi connectivity index (χ4v) is 4.70. The molecule has 0 aliphatic heterocycles. The minimum absolute atomic E-state index is 0.0436. The Kier molecular flexibility index (Phi) is 3.37. The first kappa shape index (κ1) is 13.4. The third-order valence-electron chi connectivity index (χ3n) is 5.40. The van der Waals surface area contributed by atoms with Gasteiger partial charge in [-0.05, 0) is 30.6 Å². The maximum Gasteiger partial charge on any atom is 0.349 e. The standard InChI is InChI=1S/C16H19NO3/c1-20-16(19)12(8-17)14-10-6-2-4-9-5-3-7-11(13(9)10)15(14)18/h9-11,13H,2-7H2,1H3/b14-12-. The van der Waals surface area contributed by atoms with E-state index in [1.807, 2.05) is 6.07 Å². The Morgan fingerprint density at radius 1 is 1.20 bits per heavy atom. The second-order valence-corrected chi connectivity index (χ2v) is 6.17. The molecule has 106 valence electrons. The van der Waals surface area contributed by atoms with Crippen LogP contribution in [0.4, 0.5) is 0 Å². The Labute approximate surface area is 118 Å². The second kappa shape index (κ2) is 5.05. The summed E-state index contributed by atoms with van der Waals surface area (Å²) >= 11 is 0. The molecule has 0 N–H and O–H groups in total. The largest absolute Gasteiger partial charge is 0.465 e. The minimum atomic E-state index is -0.656. The van der Waals surface area contributed by atoms with Gasteiger partial charge in [0, 0.05) is 11.5 Å². The lowest BCUT2D eigenvalue weighted by Gasteiger charge is -2.39. The number of nitrogens with zero attached hydrogens (tertiary/aromatic N) is 1. The fraction of sp³-hybridized carbons (Fsp3) is 0.688. The summed E-state index contributed by atoms with van der Waals surface area (Å²) in [5.74, 6) is 0.520. The molecule has 3 saturated carbocycles. The van der Waals surface area contributed by atoms with Crippen molar-refractivity contribution in [2.24, 2.45) is 23.7 Å². The van der Waals surface area contributed by atoms with E-state index in [2.05, 4.69) is 4.74 Å². The maximum absolute atomic E-state index is 12.7. The molecule has 4 unspecified atom stereocenters. The van der Waals surface area contributed by atoms with Crippen molar-refractivity contribution < 1.29 is 14.3 Å². The first-order valence-electron chi connectivity index (χ1n) is 7.45. The maximum atomic E-state index is 12.7. The molecule has 4 nitrogen and oxygen atoms in total. The highest BCUT2D eigenvalue weighted by molar-refractivity contribution is 6.09. The van der Waals surface area contributed by atoms with Crippen molar-refractivity contribution in [2.45, 2.75) is 38.5 Å². The number of hydrogen-bond acceptors (Lipinski definition) is 4. The average Bonchev–Trinajstić information content (AvgIpc) is 2.76. The molecule has 3 aliphatic carbocycles. The number of carbonyl (C=O) groups excluding carboxylic acids is 2. The van der Waals surface area contributed by atoms with Crippen LogP contribution in [0.3, 0.4) is 0 Å². The molecule has 3 fully saturated rings. The van der Waals surface area contributed by atoms with E-state index in [9.17, 15) is 14.9 Å². The Morgan fingerprint density at radius 2 is 1.85 bits per heavy atom. The number of allylic oxidation sites excluding steroid dienone is 1. The molecule has 20 heavy (non-hydrogen) atoms. The second-order valence-electron chi connectivity index (χ2n) is 6.17. The molecule has 4 heteroatoms.